The second-order valence-corrected chi connectivity index (χ2v) is 6.28. The second kappa shape index (κ2) is 10.3. The molecule has 0 atom stereocenters. The monoisotopic (exact) mass is 364 g/mol. The third-order valence-corrected chi connectivity index (χ3v) is 4.63. The highest BCUT2D eigenvalue weighted by Gasteiger charge is 2.22. The second-order valence-electron chi connectivity index (χ2n) is 6.28. The highest BCUT2D eigenvalue weighted by atomic mass is 16.5. The molecule has 6 heteroatoms. The zero-order valence-corrected chi connectivity index (χ0v) is 16.5. The van der Waals surface area contributed by atoms with Crippen LogP contribution >= 0.6 is 0 Å². The normalized spacial score (nSPS) is 14.4. The Morgan fingerprint density at radius 3 is 2.27 bits per heavy atom. The quantitative estimate of drug-likeness (QED) is 0.724. The predicted molar refractivity (Wildman–Crippen MR) is 105 cm³/mol. The lowest BCUT2D eigenvalue weighted by Gasteiger charge is -2.31. The fraction of sp³-hybridized carbons (Fsp3) is 0.650. The molecule has 0 unspecified atom stereocenters. The summed E-state index contributed by atoms with van der Waals surface area (Å²) in [6, 6.07) is 3.86. The molecule has 0 bridgehead atoms. The summed E-state index contributed by atoms with van der Waals surface area (Å²) in [4.78, 5) is 14.8. The number of carbonyl (C=O) groups is 1. The molecule has 1 aromatic rings. The van der Waals surface area contributed by atoms with Gasteiger partial charge >= 0.3 is 0 Å². The van der Waals surface area contributed by atoms with Crippen molar-refractivity contribution in [1.82, 2.24) is 0 Å². The topological polar surface area (TPSA) is 60.0 Å². The Balaban J connectivity index is 2.36. The van der Waals surface area contributed by atoms with Gasteiger partial charge in [-0.1, -0.05) is 13.8 Å². The summed E-state index contributed by atoms with van der Waals surface area (Å²) in [6.45, 7) is 12.1. The zero-order chi connectivity index (χ0) is 18.9. The standard InChI is InChI=1S/C20H32N2O4/c1-5-15(6-2)20(23)21-16-13-19(26-8-4)17(14-18(16)25-7-3)22-9-11-24-12-10-22/h13-15H,5-12H2,1-4H3,(H,21,23). The van der Waals surface area contributed by atoms with Gasteiger partial charge < -0.3 is 24.4 Å². The number of ether oxygens (including phenoxy) is 3. The maximum atomic E-state index is 12.6. The van der Waals surface area contributed by atoms with Crippen molar-refractivity contribution in [3.63, 3.8) is 0 Å². The minimum atomic E-state index is -0.000982. The molecule has 6 nitrogen and oxygen atoms in total. The molecular formula is C20H32N2O4. The molecule has 1 aromatic carbocycles. The van der Waals surface area contributed by atoms with Gasteiger partial charge in [0.1, 0.15) is 11.5 Å². The van der Waals surface area contributed by atoms with Crippen molar-refractivity contribution in [2.45, 2.75) is 40.5 Å². The first-order valence-corrected chi connectivity index (χ1v) is 9.71. The predicted octanol–water partition coefficient (Wildman–Crippen LogP) is 3.70. The molecule has 1 amide bonds. The van der Waals surface area contributed by atoms with Gasteiger partial charge in [-0.2, -0.15) is 0 Å². The van der Waals surface area contributed by atoms with Crippen LogP contribution in [0.15, 0.2) is 12.1 Å². The molecule has 0 spiro atoms. The molecule has 1 heterocycles. The Labute approximate surface area is 156 Å². The van der Waals surface area contributed by atoms with E-state index in [1.165, 1.54) is 0 Å². The number of benzene rings is 1. The van der Waals surface area contributed by atoms with Crippen molar-refractivity contribution in [2.24, 2.45) is 5.92 Å². The third-order valence-electron chi connectivity index (χ3n) is 4.63. The van der Waals surface area contributed by atoms with Gasteiger partial charge in [0.2, 0.25) is 5.91 Å². The first-order valence-electron chi connectivity index (χ1n) is 9.71. The van der Waals surface area contributed by atoms with Gasteiger partial charge in [0, 0.05) is 31.1 Å². The fourth-order valence-corrected chi connectivity index (χ4v) is 3.14. The van der Waals surface area contributed by atoms with E-state index in [4.69, 9.17) is 14.2 Å². The van der Waals surface area contributed by atoms with Crippen molar-refractivity contribution >= 4 is 17.3 Å². The molecule has 1 saturated heterocycles. The number of nitrogens with one attached hydrogen (secondary N) is 1. The Hall–Kier alpha value is -1.95. The summed E-state index contributed by atoms with van der Waals surface area (Å²) in [7, 11) is 0. The minimum absolute atomic E-state index is 0.000982. The van der Waals surface area contributed by atoms with Crippen LogP contribution in [0.3, 0.4) is 0 Å². The molecular weight excluding hydrogens is 332 g/mol. The Morgan fingerprint density at radius 2 is 1.69 bits per heavy atom. The maximum Gasteiger partial charge on any atom is 0.227 e. The van der Waals surface area contributed by atoms with E-state index in [1.54, 1.807) is 0 Å². The number of nitrogens with zero attached hydrogens (tertiary/aromatic N) is 1. The largest absolute Gasteiger partial charge is 0.492 e. The van der Waals surface area contributed by atoms with Crippen LogP contribution < -0.4 is 19.7 Å². The number of hydrogen-bond acceptors (Lipinski definition) is 5. The summed E-state index contributed by atoms with van der Waals surface area (Å²) < 4.78 is 17.1. The number of hydrogen-bond donors (Lipinski definition) is 1. The van der Waals surface area contributed by atoms with Crippen molar-refractivity contribution in [2.75, 3.05) is 49.7 Å². The molecule has 1 N–H and O–H groups in total. The molecule has 0 aliphatic carbocycles. The van der Waals surface area contributed by atoms with Crippen molar-refractivity contribution in [3.8, 4) is 11.5 Å². The van der Waals surface area contributed by atoms with E-state index in [0.29, 0.717) is 37.9 Å². The van der Waals surface area contributed by atoms with Gasteiger partial charge in [0.15, 0.2) is 0 Å². The zero-order valence-electron chi connectivity index (χ0n) is 16.5. The van der Waals surface area contributed by atoms with Crippen molar-refractivity contribution in [3.05, 3.63) is 12.1 Å². The summed E-state index contributed by atoms with van der Waals surface area (Å²) in [6.07, 6.45) is 1.63. The molecule has 1 aliphatic heterocycles. The smallest absolute Gasteiger partial charge is 0.227 e. The van der Waals surface area contributed by atoms with Crippen LogP contribution in [-0.4, -0.2) is 45.4 Å². The van der Waals surface area contributed by atoms with E-state index in [9.17, 15) is 4.79 Å². The molecule has 0 aromatic heterocycles. The fourth-order valence-electron chi connectivity index (χ4n) is 3.14. The molecule has 1 aliphatic rings. The lowest BCUT2D eigenvalue weighted by molar-refractivity contribution is -0.120. The van der Waals surface area contributed by atoms with E-state index in [1.807, 2.05) is 39.8 Å². The number of carbonyl (C=O) groups excluding carboxylic acids is 1. The molecule has 2 rings (SSSR count). The number of rotatable bonds is 9. The Morgan fingerprint density at radius 1 is 1.08 bits per heavy atom. The average Bonchev–Trinajstić information content (AvgIpc) is 2.65. The number of anilines is 2. The molecule has 146 valence electrons. The van der Waals surface area contributed by atoms with Crippen LogP contribution in [0.5, 0.6) is 11.5 Å². The summed E-state index contributed by atoms with van der Waals surface area (Å²) in [5, 5.41) is 3.04. The lowest BCUT2D eigenvalue weighted by atomic mass is 10.0. The SMILES string of the molecule is CCOc1cc(N2CCOCC2)c(OCC)cc1NC(=O)C(CC)CC. The van der Waals surface area contributed by atoms with Gasteiger partial charge in [0.05, 0.1) is 37.8 Å². The van der Waals surface area contributed by atoms with Crippen LogP contribution in [0, 0.1) is 5.92 Å². The summed E-state index contributed by atoms with van der Waals surface area (Å²) in [5.74, 6) is 1.46. The van der Waals surface area contributed by atoms with Gasteiger partial charge in [-0.05, 0) is 26.7 Å². The van der Waals surface area contributed by atoms with Gasteiger partial charge in [-0.15, -0.1) is 0 Å². The van der Waals surface area contributed by atoms with Crippen LogP contribution in [0.25, 0.3) is 0 Å². The van der Waals surface area contributed by atoms with E-state index >= 15 is 0 Å². The molecule has 1 fully saturated rings. The summed E-state index contributed by atoms with van der Waals surface area (Å²) >= 11 is 0. The van der Waals surface area contributed by atoms with Crippen LogP contribution in [0.4, 0.5) is 11.4 Å². The van der Waals surface area contributed by atoms with Gasteiger partial charge in [0.25, 0.3) is 0 Å². The highest BCUT2D eigenvalue weighted by molar-refractivity contribution is 5.95. The van der Waals surface area contributed by atoms with Crippen LogP contribution in [-0.2, 0) is 9.53 Å². The third kappa shape index (κ3) is 5.04. The van der Waals surface area contributed by atoms with E-state index in [2.05, 4.69) is 10.2 Å². The average molecular weight is 364 g/mol. The lowest BCUT2D eigenvalue weighted by Crippen LogP contribution is -2.36. The van der Waals surface area contributed by atoms with E-state index in [0.717, 1.165) is 37.4 Å². The first kappa shape index (κ1) is 20.4. The van der Waals surface area contributed by atoms with Gasteiger partial charge in [-0.25, -0.2) is 0 Å². The van der Waals surface area contributed by atoms with E-state index < -0.39 is 0 Å². The number of morpholine rings is 1. The molecule has 0 saturated carbocycles. The highest BCUT2D eigenvalue weighted by Crippen LogP contribution is 2.39. The maximum absolute atomic E-state index is 12.6. The Kier molecular flexibility index (Phi) is 8.04. The first-order chi connectivity index (χ1) is 12.6. The molecule has 0 radical (unpaired) electrons. The number of amides is 1. The molecule has 26 heavy (non-hydrogen) atoms. The van der Waals surface area contributed by atoms with Crippen LogP contribution in [0.1, 0.15) is 40.5 Å². The Bertz CT molecular complexity index is 581. The minimum Gasteiger partial charge on any atom is -0.492 e. The summed E-state index contributed by atoms with van der Waals surface area (Å²) in [5.41, 5.74) is 1.66. The van der Waals surface area contributed by atoms with Crippen molar-refractivity contribution < 1.29 is 19.0 Å². The van der Waals surface area contributed by atoms with Crippen LogP contribution in [0.2, 0.25) is 0 Å². The van der Waals surface area contributed by atoms with Gasteiger partial charge in [-0.3, -0.25) is 4.79 Å². The van der Waals surface area contributed by atoms with E-state index in [-0.39, 0.29) is 11.8 Å². The van der Waals surface area contributed by atoms with Crippen molar-refractivity contribution in [1.29, 1.82) is 0 Å².